The SMILES string of the molecule is CC(C)(C)Oc1cnc2c(c1)C(N)CC1(CCC1)O2.CC(C)(CF)Cc1cnc2c(c1)C(N)CC1(CCC1)O2. The van der Waals surface area contributed by atoms with Crippen molar-refractivity contribution >= 4 is 0 Å². The lowest BCUT2D eigenvalue weighted by molar-refractivity contribution is -0.0373. The van der Waals surface area contributed by atoms with Crippen LogP contribution in [-0.4, -0.2) is 33.4 Å². The molecule has 4 heterocycles. The van der Waals surface area contributed by atoms with E-state index in [9.17, 15) is 4.39 Å². The van der Waals surface area contributed by atoms with E-state index in [-0.39, 0.29) is 41.0 Å². The Morgan fingerprint density at radius 2 is 1.38 bits per heavy atom. The molecule has 2 aliphatic heterocycles. The number of fused-ring (bicyclic) bond motifs is 2. The highest BCUT2D eigenvalue weighted by atomic mass is 19.1. The highest BCUT2D eigenvalue weighted by molar-refractivity contribution is 5.39. The van der Waals surface area contributed by atoms with Gasteiger partial charge in [-0.1, -0.05) is 13.8 Å². The van der Waals surface area contributed by atoms with Gasteiger partial charge in [-0.3, -0.25) is 4.39 Å². The Labute approximate surface area is 232 Å². The Bertz CT molecular complexity index is 1190. The molecule has 2 saturated carbocycles. The Morgan fingerprint density at radius 3 is 1.85 bits per heavy atom. The minimum Gasteiger partial charge on any atom is -0.487 e. The molecule has 2 aromatic rings. The zero-order valence-electron chi connectivity index (χ0n) is 24.2. The summed E-state index contributed by atoms with van der Waals surface area (Å²) in [6.45, 7) is 9.57. The van der Waals surface area contributed by atoms with Gasteiger partial charge in [-0.05, 0) is 88.8 Å². The zero-order valence-corrected chi connectivity index (χ0v) is 24.2. The summed E-state index contributed by atoms with van der Waals surface area (Å²) in [7, 11) is 0. The summed E-state index contributed by atoms with van der Waals surface area (Å²) in [5.41, 5.74) is 14.9. The van der Waals surface area contributed by atoms with Crippen molar-refractivity contribution in [2.24, 2.45) is 16.9 Å². The van der Waals surface area contributed by atoms with E-state index in [1.807, 2.05) is 40.7 Å². The van der Waals surface area contributed by atoms with Crippen LogP contribution in [0, 0.1) is 5.41 Å². The van der Waals surface area contributed by atoms with Crippen LogP contribution in [0.2, 0.25) is 0 Å². The summed E-state index contributed by atoms with van der Waals surface area (Å²) >= 11 is 0. The van der Waals surface area contributed by atoms with Crippen molar-refractivity contribution in [2.75, 3.05) is 6.67 Å². The van der Waals surface area contributed by atoms with Crippen LogP contribution in [0.5, 0.6) is 17.5 Å². The average Bonchev–Trinajstić information content (AvgIpc) is 2.82. The smallest absolute Gasteiger partial charge is 0.218 e. The predicted octanol–water partition coefficient (Wildman–Crippen LogP) is 6.29. The Morgan fingerprint density at radius 1 is 0.872 bits per heavy atom. The van der Waals surface area contributed by atoms with E-state index in [4.69, 9.17) is 25.7 Å². The monoisotopic (exact) mass is 540 g/mol. The first kappa shape index (κ1) is 28.1. The third-order valence-electron chi connectivity index (χ3n) is 8.40. The van der Waals surface area contributed by atoms with Crippen LogP contribution in [0.4, 0.5) is 4.39 Å². The molecular weight excluding hydrogens is 495 g/mol. The molecule has 2 aliphatic carbocycles. The van der Waals surface area contributed by atoms with Crippen molar-refractivity contribution in [2.45, 2.75) is 121 Å². The average molecular weight is 541 g/mol. The first-order valence-corrected chi connectivity index (χ1v) is 14.4. The van der Waals surface area contributed by atoms with Crippen LogP contribution in [0.15, 0.2) is 24.5 Å². The molecule has 0 aromatic carbocycles. The van der Waals surface area contributed by atoms with Gasteiger partial charge in [0.05, 0.1) is 12.9 Å². The van der Waals surface area contributed by atoms with Crippen molar-refractivity contribution in [3.05, 3.63) is 41.2 Å². The number of halogens is 1. The first-order chi connectivity index (χ1) is 18.3. The van der Waals surface area contributed by atoms with Gasteiger partial charge in [-0.25, -0.2) is 9.97 Å². The van der Waals surface area contributed by atoms with Gasteiger partial charge in [0.15, 0.2) is 0 Å². The number of nitrogens with zero attached hydrogens (tertiary/aromatic N) is 2. The van der Waals surface area contributed by atoms with Crippen LogP contribution in [-0.2, 0) is 6.42 Å². The summed E-state index contributed by atoms with van der Waals surface area (Å²) in [6.07, 6.45) is 12.8. The van der Waals surface area contributed by atoms with Crippen LogP contribution in [0.3, 0.4) is 0 Å². The molecule has 0 saturated heterocycles. The minimum atomic E-state index is -0.356. The summed E-state index contributed by atoms with van der Waals surface area (Å²) in [5, 5.41) is 0. The lowest BCUT2D eigenvalue weighted by atomic mass is 9.73. The number of hydrogen-bond donors (Lipinski definition) is 2. The number of alkyl halides is 1. The topological polar surface area (TPSA) is 106 Å². The Balaban J connectivity index is 0.000000158. The molecule has 2 atom stereocenters. The molecule has 2 aromatic heterocycles. The molecule has 4 aliphatic rings. The van der Waals surface area contributed by atoms with Crippen molar-refractivity contribution in [3.63, 3.8) is 0 Å². The molecule has 0 bridgehead atoms. The minimum absolute atomic E-state index is 0.0000633. The summed E-state index contributed by atoms with van der Waals surface area (Å²) in [4.78, 5) is 8.84. The fourth-order valence-electron chi connectivity index (χ4n) is 6.04. The normalized spacial score (nSPS) is 24.1. The van der Waals surface area contributed by atoms with Crippen LogP contribution < -0.4 is 25.7 Å². The third-order valence-corrected chi connectivity index (χ3v) is 8.40. The number of rotatable bonds is 4. The van der Waals surface area contributed by atoms with Gasteiger partial charge in [0.1, 0.15) is 22.6 Å². The standard InChI is InChI=1S/C16H23FN2O.C15H22N2O2/c1-15(2,10-17)7-11-6-12-13(18)8-16(4-3-5-16)20-14(12)19-9-11;1-14(2,3)18-10-7-11-12(16)8-15(5-4-6-15)19-13(11)17-9-10/h6,9,13H,3-5,7-8,10,18H2,1-2H3;7,9,12H,4-6,8,16H2,1-3H3. The molecule has 0 amide bonds. The number of nitrogens with two attached hydrogens (primary N) is 2. The largest absolute Gasteiger partial charge is 0.487 e. The van der Waals surface area contributed by atoms with Gasteiger partial charge in [-0.15, -0.1) is 0 Å². The number of ether oxygens (including phenoxy) is 3. The van der Waals surface area contributed by atoms with E-state index in [0.717, 1.165) is 61.0 Å². The van der Waals surface area contributed by atoms with Crippen LogP contribution in [0.1, 0.15) is 115 Å². The van der Waals surface area contributed by atoms with E-state index >= 15 is 0 Å². The summed E-state index contributed by atoms with van der Waals surface area (Å²) in [6, 6.07) is 4.01. The fourth-order valence-corrected chi connectivity index (χ4v) is 6.04. The van der Waals surface area contributed by atoms with E-state index in [2.05, 4.69) is 16.0 Å². The van der Waals surface area contributed by atoms with E-state index in [0.29, 0.717) is 18.2 Å². The predicted molar refractivity (Wildman–Crippen MR) is 150 cm³/mol. The third kappa shape index (κ3) is 6.17. The molecule has 7 nitrogen and oxygen atoms in total. The quantitative estimate of drug-likeness (QED) is 0.469. The number of aromatic nitrogens is 2. The van der Waals surface area contributed by atoms with Crippen LogP contribution >= 0.6 is 0 Å². The maximum Gasteiger partial charge on any atom is 0.218 e. The van der Waals surface area contributed by atoms with Gasteiger partial charge in [0.25, 0.3) is 0 Å². The molecule has 39 heavy (non-hydrogen) atoms. The highest BCUT2D eigenvalue weighted by Gasteiger charge is 2.46. The number of hydrogen-bond acceptors (Lipinski definition) is 7. The molecular formula is C31H45FN4O3. The molecule has 0 radical (unpaired) electrons. The Hall–Kier alpha value is -2.45. The lowest BCUT2D eigenvalue weighted by Crippen LogP contribution is -2.48. The lowest BCUT2D eigenvalue weighted by Gasteiger charge is -2.46. The number of pyridine rings is 2. The van der Waals surface area contributed by atoms with Gasteiger partial charge in [0, 0.05) is 42.2 Å². The van der Waals surface area contributed by atoms with Gasteiger partial charge in [0.2, 0.25) is 11.8 Å². The van der Waals surface area contributed by atoms with E-state index in [1.54, 1.807) is 12.4 Å². The van der Waals surface area contributed by atoms with E-state index < -0.39 is 0 Å². The van der Waals surface area contributed by atoms with Gasteiger partial charge < -0.3 is 25.7 Å². The fraction of sp³-hybridized carbons (Fsp3) is 0.677. The molecule has 2 unspecified atom stereocenters. The Kier molecular flexibility index (Phi) is 7.34. The molecule has 2 fully saturated rings. The van der Waals surface area contributed by atoms with Gasteiger partial charge in [-0.2, -0.15) is 0 Å². The zero-order chi connectivity index (χ0) is 28.1. The summed E-state index contributed by atoms with van der Waals surface area (Å²) in [5.74, 6) is 2.14. The maximum atomic E-state index is 13.0. The van der Waals surface area contributed by atoms with Crippen molar-refractivity contribution < 1.29 is 18.6 Å². The van der Waals surface area contributed by atoms with Crippen molar-refractivity contribution in [1.82, 2.24) is 9.97 Å². The van der Waals surface area contributed by atoms with Crippen molar-refractivity contribution in [3.8, 4) is 17.5 Å². The molecule has 4 N–H and O–H groups in total. The van der Waals surface area contributed by atoms with Crippen LogP contribution in [0.25, 0.3) is 0 Å². The second-order valence-electron chi connectivity index (χ2n) is 13.9. The molecule has 8 heteroatoms. The second kappa shape index (κ2) is 10.2. The second-order valence-corrected chi connectivity index (χ2v) is 13.9. The maximum absolute atomic E-state index is 13.0. The first-order valence-electron chi connectivity index (χ1n) is 14.4. The molecule has 214 valence electrons. The highest BCUT2D eigenvalue weighted by Crippen LogP contribution is 2.49. The van der Waals surface area contributed by atoms with E-state index in [1.165, 1.54) is 12.8 Å². The summed E-state index contributed by atoms with van der Waals surface area (Å²) < 4.78 is 30.9. The molecule has 6 rings (SSSR count). The molecule has 2 spiro atoms. The van der Waals surface area contributed by atoms with Gasteiger partial charge >= 0.3 is 0 Å². The van der Waals surface area contributed by atoms with Crippen molar-refractivity contribution in [1.29, 1.82) is 0 Å².